The molecule has 0 saturated carbocycles. The zero-order chi connectivity index (χ0) is 20.5. The number of benzene rings is 3. The molecule has 3 aromatic rings. The van der Waals surface area contributed by atoms with Crippen LogP contribution in [0.25, 0.3) is 5.57 Å². The third-order valence-corrected chi connectivity index (χ3v) is 5.86. The lowest BCUT2D eigenvalue weighted by Gasteiger charge is -2.18. The van der Waals surface area contributed by atoms with Gasteiger partial charge >= 0.3 is 0 Å². The van der Waals surface area contributed by atoms with Crippen LogP contribution in [0.15, 0.2) is 82.6 Å². The minimum atomic E-state index is -0.439. The molecule has 0 atom stereocenters. The van der Waals surface area contributed by atoms with Crippen molar-refractivity contribution >= 4 is 46.4 Å². The summed E-state index contributed by atoms with van der Waals surface area (Å²) in [5.74, 6) is -1.26. The molecule has 4 rings (SSSR count). The van der Waals surface area contributed by atoms with Crippen molar-refractivity contribution in [2.45, 2.75) is 11.8 Å². The Kier molecular flexibility index (Phi) is 5.26. The third kappa shape index (κ3) is 3.71. The molecule has 29 heavy (non-hydrogen) atoms. The number of carbonyl (C=O) groups excluding carboxylic acids is 2. The highest BCUT2D eigenvalue weighted by molar-refractivity contribution is 8.04. The zero-order valence-corrected chi connectivity index (χ0v) is 16.9. The molecule has 0 radical (unpaired) electrons. The number of anilines is 1. The molecule has 0 N–H and O–H groups in total. The van der Waals surface area contributed by atoms with Crippen LogP contribution < -0.4 is 4.90 Å². The second-order valence-electron chi connectivity index (χ2n) is 6.50. The van der Waals surface area contributed by atoms with Gasteiger partial charge in [-0.15, -0.1) is 0 Å². The molecule has 0 bridgehead atoms. The quantitative estimate of drug-likeness (QED) is 0.493. The summed E-state index contributed by atoms with van der Waals surface area (Å²) in [6.45, 7) is 1.79. The Morgan fingerprint density at radius 2 is 1.59 bits per heavy atom. The van der Waals surface area contributed by atoms with E-state index >= 15 is 0 Å². The Morgan fingerprint density at radius 1 is 0.897 bits per heavy atom. The van der Waals surface area contributed by atoms with Gasteiger partial charge in [-0.3, -0.25) is 9.59 Å². The third-order valence-electron chi connectivity index (χ3n) is 4.54. The van der Waals surface area contributed by atoms with E-state index < -0.39 is 17.6 Å². The van der Waals surface area contributed by atoms with Crippen molar-refractivity contribution in [3.05, 3.63) is 99.7 Å². The second kappa shape index (κ2) is 7.85. The van der Waals surface area contributed by atoms with E-state index in [1.165, 1.54) is 36.0 Å². The average Bonchev–Trinajstić information content (AvgIpc) is 2.94. The summed E-state index contributed by atoms with van der Waals surface area (Å²) in [7, 11) is 0. The Bertz CT molecular complexity index is 1140. The molecule has 1 aliphatic heterocycles. The number of hydrogen-bond donors (Lipinski definition) is 0. The molecule has 0 unspecified atom stereocenters. The minimum Gasteiger partial charge on any atom is -0.268 e. The van der Waals surface area contributed by atoms with Crippen molar-refractivity contribution in [3.63, 3.8) is 0 Å². The highest BCUT2D eigenvalue weighted by Gasteiger charge is 2.41. The fourth-order valence-corrected chi connectivity index (χ4v) is 4.41. The van der Waals surface area contributed by atoms with Gasteiger partial charge in [0, 0.05) is 9.92 Å². The van der Waals surface area contributed by atoms with E-state index in [4.69, 9.17) is 11.6 Å². The average molecular weight is 424 g/mol. The number of aryl methyl sites for hydroxylation is 1. The zero-order valence-electron chi connectivity index (χ0n) is 15.4. The highest BCUT2D eigenvalue weighted by atomic mass is 35.5. The molecule has 2 amide bonds. The van der Waals surface area contributed by atoms with Crippen molar-refractivity contribution in [1.82, 2.24) is 0 Å². The molecular weight excluding hydrogens is 409 g/mol. The lowest BCUT2D eigenvalue weighted by atomic mass is 10.1. The SMILES string of the molecule is Cc1cc(Cl)ccc1N1C(=O)C(Sc2ccccc2)=C(c2ccc(F)cc2)C1=O. The highest BCUT2D eigenvalue weighted by Crippen LogP contribution is 2.42. The van der Waals surface area contributed by atoms with Crippen molar-refractivity contribution in [2.75, 3.05) is 4.90 Å². The first-order valence-electron chi connectivity index (χ1n) is 8.84. The summed E-state index contributed by atoms with van der Waals surface area (Å²) >= 11 is 7.26. The molecule has 0 fully saturated rings. The largest absolute Gasteiger partial charge is 0.272 e. The number of halogens is 2. The number of amides is 2. The van der Waals surface area contributed by atoms with Gasteiger partial charge in [-0.05, 0) is 60.5 Å². The first-order valence-corrected chi connectivity index (χ1v) is 10.0. The number of rotatable bonds is 4. The standard InChI is InChI=1S/C23H15ClFNO2S/c1-14-13-16(24)9-12-19(14)26-22(27)20(15-7-10-17(25)11-8-15)21(23(26)28)29-18-5-3-2-4-6-18/h2-13H,1H3. The number of nitrogens with zero attached hydrogens (tertiary/aromatic N) is 1. The van der Waals surface area contributed by atoms with Crippen molar-refractivity contribution in [3.8, 4) is 0 Å². The predicted octanol–water partition coefficient (Wildman–Crippen LogP) is 5.86. The van der Waals surface area contributed by atoms with Crippen molar-refractivity contribution in [1.29, 1.82) is 0 Å². The van der Waals surface area contributed by atoms with E-state index in [0.717, 1.165) is 9.80 Å². The Labute approximate surface area is 176 Å². The topological polar surface area (TPSA) is 37.4 Å². The molecule has 0 aromatic heterocycles. The summed E-state index contributed by atoms with van der Waals surface area (Å²) in [4.78, 5) is 29.0. The molecule has 0 saturated heterocycles. The monoisotopic (exact) mass is 423 g/mol. The lowest BCUT2D eigenvalue weighted by molar-refractivity contribution is -0.119. The number of imide groups is 1. The molecule has 0 aliphatic carbocycles. The maximum atomic E-state index is 13.4. The van der Waals surface area contributed by atoms with Crippen molar-refractivity contribution in [2.24, 2.45) is 0 Å². The molecule has 3 aromatic carbocycles. The number of carbonyl (C=O) groups is 2. The van der Waals surface area contributed by atoms with E-state index in [2.05, 4.69) is 0 Å². The maximum absolute atomic E-state index is 13.4. The molecule has 6 heteroatoms. The van der Waals surface area contributed by atoms with Crippen LogP contribution in [0.2, 0.25) is 5.02 Å². The summed E-state index contributed by atoms with van der Waals surface area (Å²) in [5, 5.41) is 0.524. The van der Waals surface area contributed by atoms with E-state index in [1.807, 2.05) is 30.3 Å². The maximum Gasteiger partial charge on any atom is 0.272 e. The van der Waals surface area contributed by atoms with Crippen LogP contribution >= 0.6 is 23.4 Å². The summed E-state index contributed by atoms with van der Waals surface area (Å²) < 4.78 is 13.4. The van der Waals surface area contributed by atoms with Gasteiger partial charge in [-0.2, -0.15) is 0 Å². The predicted molar refractivity (Wildman–Crippen MR) is 114 cm³/mol. The Morgan fingerprint density at radius 3 is 2.24 bits per heavy atom. The van der Waals surface area contributed by atoms with Gasteiger partial charge in [0.1, 0.15) is 5.82 Å². The van der Waals surface area contributed by atoms with Crippen LogP contribution in [0, 0.1) is 12.7 Å². The Balaban J connectivity index is 1.84. The fraction of sp³-hybridized carbons (Fsp3) is 0.0435. The van der Waals surface area contributed by atoms with E-state index in [1.54, 1.807) is 25.1 Å². The lowest BCUT2D eigenvalue weighted by Crippen LogP contribution is -2.31. The molecule has 1 aliphatic rings. The molecule has 144 valence electrons. The number of hydrogen-bond acceptors (Lipinski definition) is 3. The van der Waals surface area contributed by atoms with Crippen LogP contribution in [0.3, 0.4) is 0 Å². The first-order chi connectivity index (χ1) is 14.0. The molecule has 3 nitrogen and oxygen atoms in total. The van der Waals surface area contributed by atoms with Gasteiger partial charge < -0.3 is 0 Å². The van der Waals surface area contributed by atoms with Gasteiger partial charge in [-0.25, -0.2) is 9.29 Å². The summed E-state index contributed by atoms with van der Waals surface area (Å²) in [6, 6.07) is 19.9. The van der Waals surface area contributed by atoms with Crippen molar-refractivity contribution < 1.29 is 14.0 Å². The molecular formula is C23H15ClFNO2S. The van der Waals surface area contributed by atoms with Crippen LogP contribution in [-0.2, 0) is 9.59 Å². The summed E-state index contributed by atoms with van der Waals surface area (Å²) in [5.41, 5.74) is 1.95. The van der Waals surface area contributed by atoms with Gasteiger partial charge in [0.05, 0.1) is 16.2 Å². The van der Waals surface area contributed by atoms with Crippen LogP contribution in [-0.4, -0.2) is 11.8 Å². The van der Waals surface area contributed by atoms with Gasteiger partial charge in [0.15, 0.2) is 0 Å². The number of thioether (sulfide) groups is 1. The summed E-state index contributed by atoms with van der Waals surface area (Å²) in [6.07, 6.45) is 0. The van der Waals surface area contributed by atoms with Crippen LogP contribution in [0.5, 0.6) is 0 Å². The van der Waals surface area contributed by atoms with Gasteiger partial charge in [-0.1, -0.05) is 53.7 Å². The molecule has 0 spiro atoms. The smallest absolute Gasteiger partial charge is 0.268 e. The van der Waals surface area contributed by atoms with E-state index in [9.17, 15) is 14.0 Å². The van der Waals surface area contributed by atoms with Gasteiger partial charge in [0.2, 0.25) is 0 Å². The normalized spacial score (nSPS) is 14.1. The first kappa shape index (κ1) is 19.4. The fourth-order valence-electron chi connectivity index (χ4n) is 3.17. The minimum absolute atomic E-state index is 0.262. The second-order valence-corrected chi connectivity index (χ2v) is 8.02. The molecule has 1 heterocycles. The van der Waals surface area contributed by atoms with Gasteiger partial charge in [0.25, 0.3) is 11.8 Å². The van der Waals surface area contributed by atoms with E-state index in [-0.39, 0.29) is 5.57 Å². The van der Waals surface area contributed by atoms with Crippen LogP contribution in [0.1, 0.15) is 11.1 Å². The van der Waals surface area contributed by atoms with E-state index in [0.29, 0.717) is 26.7 Å². The van der Waals surface area contributed by atoms with Crippen LogP contribution in [0.4, 0.5) is 10.1 Å². The Hall–Kier alpha value is -2.89.